The van der Waals surface area contributed by atoms with Crippen molar-refractivity contribution in [3.8, 4) is 0 Å². The molecule has 2 rings (SSSR count). The molecule has 0 saturated carbocycles. The van der Waals surface area contributed by atoms with Crippen LogP contribution in [0.1, 0.15) is 21.5 Å². The van der Waals surface area contributed by atoms with Gasteiger partial charge in [0.2, 0.25) is 0 Å². The van der Waals surface area contributed by atoms with Gasteiger partial charge in [0.15, 0.2) is 0 Å². The first kappa shape index (κ1) is 15.4. The Morgan fingerprint density at radius 3 is 2.55 bits per heavy atom. The lowest BCUT2D eigenvalue weighted by molar-refractivity contribution is 0.0472. The maximum Gasteiger partial charge on any atom is 0.338 e. The molecule has 2 aromatic rings. The SMILES string of the molecule is Cc1ccc(C(=O)OCc2ccc(Cl)c(Cl)c2)cc1Br. The van der Waals surface area contributed by atoms with E-state index in [2.05, 4.69) is 15.9 Å². The average molecular weight is 374 g/mol. The van der Waals surface area contributed by atoms with E-state index in [-0.39, 0.29) is 12.6 Å². The molecule has 0 fully saturated rings. The summed E-state index contributed by atoms with van der Waals surface area (Å²) < 4.78 is 6.12. The molecule has 0 aliphatic carbocycles. The minimum absolute atomic E-state index is 0.154. The van der Waals surface area contributed by atoms with Gasteiger partial charge in [-0.05, 0) is 42.3 Å². The monoisotopic (exact) mass is 372 g/mol. The first-order chi connectivity index (χ1) is 9.47. The molecule has 2 nitrogen and oxygen atoms in total. The van der Waals surface area contributed by atoms with Gasteiger partial charge in [-0.15, -0.1) is 0 Å². The van der Waals surface area contributed by atoms with Crippen molar-refractivity contribution in [1.29, 1.82) is 0 Å². The van der Waals surface area contributed by atoms with Gasteiger partial charge in [-0.3, -0.25) is 0 Å². The van der Waals surface area contributed by atoms with Crippen LogP contribution in [0.5, 0.6) is 0 Å². The van der Waals surface area contributed by atoms with Crippen molar-refractivity contribution in [2.24, 2.45) is 0 Å². The minimum atomic E-state index is -0.378. The molecule has 0 aliphatic heterocycles. The lowest BCUT2D eigenvalue weighted by Crippen LogP contribution is -2.05. The molecule has 0 amide bonds. The average Bonchev–Trinajstić information content (AvgIpc) is 2.43. The van der Waals surface area contributed by atoms with Crippen molar-refractivity contribution >= 4 is 45.1 Å². The Labute approximate surface area is 135 Å². The zero-order valence-corrected chi connectivity index (χ0v) is 13.7. The van der Waals surface area contributed by atoms with E-state index in [1.54, 1.807) is 30.3 Å². The Bertz CT molecular complexity index is 656. The van der Waals surface area contributed by atoms with Crippen LogP contribution in [0.2, 0.25) is 10.0 Å². The Kier molecular flexibility index (Phi) is 5.08. The van der Waals surface area contributed by atoms with Gasteiger partial charge in [0.05, 0.1) is 15.6 Å². The zero-order valence-electron chi connectivity index (χ0n) is 10.6. The second-order valence-electron chi connectivity index (χ2n) is 4.29. The number of hydrogen-bond donors (Lipinski definition) is 0. The van der Waals surface area contributed by atoms with Crippen molar-refractivity contribution < 1.29 is 9.53 Å². The molecule has 104 valence electrons. The number of halogens is 3. The molecule has 5 heteroatoms. The Morgan fingerprint density at radius 1 is 1.15 bits per heavy atom. The van der Waals surface area contributed by atoms with E-state index in [0.717, 1.165) is 15.6 Å². The van der Waals surface area contributed by atoms with Crippen LogP contribution < -0.4 is 0 Å². The van der Waals surface area contributed by atoms with Gasteiger partial charge in [-0.1, -0.05) is 51.3 Å². The van der Waals surface area contributed by atoms with Crippen LogP contribution in [0.25, 0.3) is 0 Å². The number of carbonyl (C=O) groups is 1. The van der Waals surface area contributed by atoms with Crippen LogP contribution in [0.4, 0.5) is 0 Å². The van der Waals surface area contributed by atoms with Gasteiger partial charge >= 0.3 is 5.97 Å². The highest BCUT2D eigenvalue weighted by Gasteiger charge is 2.09. The number of aryl methyl sites for hydroxylation is 1. The fourth-order valence-electron chi connectivity index (χ4n) is 1.58. The summed E-state index contributed by atoms with van der Waals surface area (Å²) in [6.45, 7) is 2.11. The van der Waals surface area contributed by atoms with E-state index in [1.165, 1.54) is 0 Å². The van der Waals surface area contributed by atoms with Gasteiger partial charge in [0.25, 0.3) is 0 Å². The van der Waals surface area contributed by atoms with Crippen molar-refractivity contribution in [3.63, 3.8) is 0 Å². The van der Waals surface area contributed by atoms with Gasteiger partial charge in [0.1, 0.15) is 6.61 Å². The summed E-state index contributed by atoms with van der Waals surface area (Å²) in [4.78, 5) is 11.9. The normalized spacial score (nSPS) is 10.4. The smallest absolute Gasteiger partial charge is 0.338 e. The molecule has 20 heavy (non-hydrogen) atoms. The molecule has 0 N–H and O–H groups in total. The number of carbonyl (C=O) groups excluding carboxylic acids is 1. The fraction of sp³-hybridized carbons (Fsp3) is 0.133. The number of esters is 1. The first-order valence-electron chi connectivity index (χ1n) is 5.84. The highest BCUT2D eigenvalue weighted by Crippen LogP contribution is 2.23. The lowest BCUT2D eigenvalue weighted by atomic mass is 10.1. The molecule has 0 spiro atoms. The van der Waals surface area contributed by atoms with E-state index in [9.17, 15) is 4.79 Å². The van der Waals surface area contributed by atoms with E-state index < -0.39 is 0 Å². The van der Waals surface area contributed by atoms with Crippen LogP contribution >= 0.6 is 39.1 Å². The number of hydrogen-bond acceptors (Lipinski definition) is 2. The minimum Gasteiger partial charge on any atom is -0.457 e. The second-order valence-corrected chi connectivity index (χ2v) is 5.96. The predicted octanol–water partition coefficient (Wildman–Crippen LogP) is 5.42. The Hall–Kier alpha value is -1.03. The predicted molar refractivity (Wildman–Crippen MR) is 84.5 cm³/mol. The summed E-state index contributed by atoms with van der Waals surface area (Å²) in [5.41, 5.74) is 2.35. The molecule has 0 heterocycles. The van der Waals surface area contributed by atoms with Crippen molar-refractivity contribution in [2.45, 2.75) is 13.5 Å². The first-order valence-corrected chi connectivity index (χ1v) is 7.39. The molecular weight excluding hydrogens is 363 g/mol. The van der Waals surface area contributed by atoms with Crippen molar-refractivity contribution in [3.05, 3.63) is 67.6 Å². The van der Waals surface area contributed by atoms with Crippen LogP contribution in [0, 0.1) is 6.92 Å². The summed E-state index contributed by atoms with van der Waals surface area (Å²) >= 11 is 15.1. The third kappa shape index (κ3) is 3.75. The van der Waals surface area contributed by atoms with E-state index in [0.29, 0.717) is 15.6 Å². The van der Waals surface area contributed by atoms with Gasteiger partial charge in [0, 0.05) is 4.47 Å². The lowest BCUT2D eigenvalue weighted by Gasteiger charge is -2.07. The largest absolute Gasteiger partial charge is 0.457 e. The summed E-state index contributed by atoms with van der Waals surface area (Å²) in [5.74, 6) is -0.378. The quantitative estimate of drug-likeness (QED) is 0.671. The molecule has 2 aromatic carbocycles. The fourth-order valence-corrected chi connectivity index (χ4v) is 2.28. The van der Waals surface area contributed by atoms with E-state index in [4.69, 9.17) is 27.9 Å². The molecule has 0 unspecified atom stereocenters. The van der Waals surface area contributed by atoms with E-state index >= 15 is 0 Å². The molecule has 0 bridgehead atoms. The summed E-state index contributed by atoms with van der Waals surface area (Å²) in [6.07, 6.45) is 0. The van der Waals surface area contributed by atoms with Gasteiger partial charge < -0.3 is 4.74 Å². The van der Waals surface area contributed by atoms with Crippen LogP contribution in [0.3, 0.4) is 0 Å². The molecule has 0 saturated heterocycles. The van der Waals surface area contributed by atoms with Crippen LogP contribution in [-0.4, -0.2) is 5.97 Å². The highest BCUT2D eigenvalue weighted by molar-refractivity contribution is 9.10. The summed E-state index contributed by atoms with van der Waals surface area (Å²) in [6, 6.07) is 10.5. The van der Waals surface area contributed by atoms with Gasteiger partial charge in [-0.25, -0.2) is 4.79 Å². The standard InChI is InChI=1S/C15H11BrCl2O2/c1-9-2-4-11(7-12(9)16)15(19)20-8-10-3-5-13(17)14(18)6-10/h2-7H,8H2,1H3. The maximum absolute atomic E-state index is 11.9. The molecular formula is C15H11BrCl2O2. The van der Waals surface area contributed by atoms with E-state index in [1.807, 2.05) is 13.0 Å². The van der Waals surface area contributed by atoms with Crippen LogP contribution in [-0.2, 0) is 11.3 Å². The molecule has 0 atom stereocenters. The summed E-state index contributed by atoms with van der Waals surface area (Å²) in [5, 5.41) is 0.919. The van der Waals surface area contributed by atoms with Crippen LogP contribution in [0.15, 0.2) is 40.9 Å². The van der Waals surface area contributed by atoms with Crippen molar-refractivity contribution in [2.75, 3.05) is 0 Å². The highest BCUT2D eigenvalue weighted by atomic mass is 79.9. The number of benzene rings is 2. The molecule has 0 aliphatic rings. The third-order valence-corrected chi connectivity index (χ3v) is 4.35. The maximum atomic E-state index is 11.9. The van der Waals surface area contributed by atoms with Gasteiger partial charge in [-0.2, -0.15) is 0 Å². The second kappa shape index (κ2) is 6.61. The summed E-state index contributed by atoms with van der Waals surface area (Å²) in [7, 11) is 0. The number of rotatable bonds is 3. The Balaban J connectivity index is 2.04. The topological polar surface area (TPSA) is 26.3 Å². The van der Waals surface area contributed by atoms with Crippen molar-refractivity contribution in [1.82, 2.24) is 0 Å². The molecule has 0 radical (unpaired) electrons. The number of ether oxygens (including phenoxy) is 1. The molecule has 0 aromatic heterocycles. The zero-order chi connectivity index (χ0) is 14.7. The Morgan fingerprint density at radius 2 is 1.90 bits per heavy atom. The third-order valence-electron chi connectivity index (χ3n) is 2.76.